The molecule has 1 heterocycles. The van der Waals surface area contributed by atoms with Crippen molar-refractivity contribution in [3.8, 4) is 0 Å². The molecule has 7 nitrogen and oxygen atoms in total. The van der Waals surface area contributed by atoms with Gasteiger partial charge in [0.2, 0.25) is 15.9 Å². The molecule has 1 aromatic heterocycles. The number of rotatable bonds is 6. The topological polar surface area (TPSA) is 93.1 Å². The molecule has 0 saturated carbocycles. The SMILES string of the molecule is CNS(=O)(=O)c1cccc(CNC(=O)C=Cc2ccnn2C)c1. The number of hydrogen-bond donors (Lipinski definition) is 2. The molecule has 0 bridgehead atoms. The number of aryl methyl sites for hydroxylation is 1. The second-order valence-corrected chi connectivity index (χ2v) is 6.67. The van der Waals surface area contributed by atoms with Gasteiger partial charge in [-0.05, 0) is 36.9 Å². The Labute approximate surface area is 135 Å². The summed E-state index contributed by atoms with van der Waals surface area (Å²) < 4.78 is 27.4. The quantitative estimate of drug-likeness (QED) is 0.759. The lowest BCUT2D eigenvalue weighted by atomic mass is 10.2. The molecule has 0 saturated heterocycles. The van der Waals surface area contributed by atoms with Gasteiger partial charge in [-0.1, -0.05) is 12.1 Å². The number of nitrogens with zero attached hydrogens (tertiary/aromatic N) is 2. The first-order valence-electron chi connectivity index (χ1n) is 6.89. The van der Waals surface area contributed by atoms with Gasteiger partial charge in [-0.15, -0.1) is 0 Å². The normalized spacial score (nSPS) is 11.7. The van der Waals surface area contributed by atoms with Gasteiger partial charge in [0, 0.05) is 25.9 Å². The molecule has 0 aliphatic heterocycles. The van der Waals surface area contributed by atoms with E-state index in [1.165, 1.54) is 25.3 Å². The number of hydrogen-bond acceptors (Lipinski definition) is 4. The molecule has 0 unspecified atom stereocenters. The van der Waals surface area contributed by atoms with Gasteiger partial charge in [-0.3, -0.25) is 9.48 Å². The third-order valence-corrected chi connectivity index (χ3v) is 4.62. The molecule has 8 heteroatoms. The average molecular weight is 334 g/mol. The van der Waals surface area contributed by atoms with E-state index in [1.54, 1.807) is 42.2 Å². The van der Waals surface area contributed by atoms with Crippen LogP contribution in [-0.2, 0) is 28.4 Å². The molecule has 2 aromatic rings. The van der Waals surface area contributed by atoms with Crippen molar-refractivity contribution in [1.82, 2.24) is 19.8 Å². The predicted molar refractivity (Wildman–Crippen MR) is 86.8 cm³/mol. The van der Waals surface area contributed by atoms with Gasteiger partial charge >= 0.3 is 0 Å². The highest BCUT2D eigenvalue weighted by atomic mass is 32.2. The molecule has 1 aromatic carbocycles. The molecule has 0 fully saturated rings. The standard InChI is InChI=1S/C15H18N4O3S/c1-16-23(21,22)14-5-3-4-12(10-14)11-17-15(20)7-6-13-8-9-18-19(13)2/h3-10,16H,11H2,1-2H3,(H,17,20). The minimum absolute atomic E-state index is 0.164. The van der Waals surface area contributed by atoms with Gasteiger partial charge in [0.25, 0.3) is 0 Å². The van der Waals surface area contributed by atoms with Crippen LogP contribution in [0.15, 0.2) is 47.5 Å². The Morgan fingerprint density at radius 1 is 1.35 bits per heavy atom. The van der Waals surface area contributed by atoms with Crippen LogP contribution in [0.5, 0.6) is 0 Å². The zero-order valence-electron chi connectivity index (χ0n) is 12.9. The van der Waals surface area contributed by atoms with E-state index >= 15 is 0 Å². The van der Waals surface area contributed by atoms with Crippen molar-refractivity contribution >= 4 is 22.0 Å². The predicted octanol–water partition coefficient (Wildman–Crippen LogP) is 0.658. The van der Waals surface area contributed by atoms with E-state index in [2.05, 4.69) is 15.1 Å². The van der Waals surface area contributed by atoms with Crippen LogP contribution in [0.2, 0.25) is 0 Å². The van der Waals surface area contributed by atoms with Crippen LogP contribution in [0.4, 0.5) is 0 Å². The van der Waals surface area contributed by atoms with Gasteiger partial charge in [0.15, 0.2) is 0 Å². The van der Waals surface area contributed by atoms with Crippen molar-refractivity contribution in [2.75, 3.05) is 7.05 Å². The zero-order valence-corrected chi connectivity index (χ0v) is 13.7. The van der Waals surface area contributed by atoms with Crippen molar-refractivity contribution in [3.05, 3.63) is 53.9 Å². The van der Waals surface area contributed by atoms with E-state index in [0.29, 0.717) is 5.56 Å². The Kier molecular flexibility index (Phi) is 5.30. The summed E-state index contributed by atoms with van der Waals surface area (Å²) in [6.45, 7) is 0.238. The number of aromatic nitrogens is 2. The molecule has 1 amide bonds. The third kappa shape index (κ3) is 4.51. The summed E-state index contributed by atoms with van der Waals surface area (Å²) in [6.07, 6.45) is 4.71. The lowest BCUT2D eigenvalue weighted by Crippen LogP contribution is -2.21. The Hall–Kier alpha value is -2.45. The van der Waals surface area contributed by atoms with Crippen LogP contribution in [0.25, 0.3) is 6.08 Å². The van der Waals surface area contributed by atoms with E-state index in [0.717, 1.165) is 5.69 Å². The maximum Gasteiger partial charge on any atom is 0.244 e. The van der Waals surface area contributed by atoms with Crippen molar-refractivity contribution in [3.63, 3.8) is 0 Å². The lowest BCUT2D eigenvalue weighted by Gasteiger charge is -2.06. The minimum atomic E-state index is -3.49. The van der Waals surface area contributed by atoms with E-state index in [-0.39, 0.29) is 17.3 Å². The molecular formula is C15H18N4O3S. The Balaban J connectivity index is 1.98. The summed E-state index contributed by atoms with van der Waals surface area (Å²) >= 11 is 0. The first-order chi connectivity index (χ1) is 10.9. The van der Waals surface area contributed by atoms with Crippen molar-refractivity contribution < 1.29 is 13.2 Å². The summed E-state index contributed by atoms with van der Waals surface area (Å²) in [7, 11) is -0.353. The second kappa shape index (κ2) is 7.21. The molecule has 2 rings (SSSR count). The lowest BCUT2D eigenvalue weighted by molar-refractivity contribution is -0.116. The van der Waals surface area contributed by atoms with E-state index < -0.39 is 10.0 Å². The van der Waals surface area contributed by atoms with Crippen molar-refractivity contribution in [1.29, 1.82) is 0 Å². The van der Waals surface area contributed by atoms with Crippen LogP contribution >= 0.6 is 0 Å². The van der Waals surface area contributed by atoms with Gasteiger partial charge in [0.05, 0.1) is 10.6 Å². The largest absolute Gasteiger partial charge is 0.348 e. The number of carbonyl (C=O) groups is 1. The summed E-state index contributed by atoms with van der Waals surface area (Å²) in [4.78, 5) is 12.0. The number of nitrogens with one attached hydrogen (secondary N) is 2. The highest BCUT2D eigenvalue weighted by molar-refractivity contribution is 7.89. The molecule has 0 spiro atoms. The maximum atomic E-state index is 11.8. The second-order valence-electron chi connectivity index (χ2n) is 4.79. The van der Waals surface area contributed by atoms with E-state index in [1.807, 2.05) is 0 Å². The molecule has 23 heavy (non-hydrogen) atoms. The Morgan fingerprint density at radius 3 is 2.78 bits per heavy atom. The summed E-state index contributed by atoms with van der Waals surface area (Å²) in [5.41, 5.74) is 1.51. The van der Waals surface area contributed by atoms with E-state index in [4.69, 9.17) is 0 Å². The number of benzene rings is 1. The Morgan fingerprint density at radius 2 is 2.13 bits per heavy atom. The van der Waals surface area contributed by atoms with Crippen LogP contribution in [0, 0.1) is 0 Å². The fraction of sp³-hybridized carbons (Fsp3) is 0.200. The smallest absolute Gasteiger partial charge is 0.244 e. The van der Waals surface area contributed by atoms with Crippen molar-refractivity contribution in [2.24, 2.45) is 7.05 Å². The monoisotopic (exact) mass is 334 g/mol. The molecule has 0 aliphatic carbocycles. The fourth-order valence-electron chi connectivity index (χ4n) is 1.90. The van der Waals surface area contributed by atoms with E-state index in [9.17, 15) is 13.2 Å². The van der Waals surface area contributed by atoms with Crippen LogP contribution < -0.4 is 10.0 Å². The maximum absolute atomic E-state index is 11.8. The molecule has 0 radical (unpaired) electrons. The van der Waals surface area contributed by atoms with Gasteiger partial charge in [-0.25, -0.2) is 13.1 Å². The first kappa shape index (κ1) is 16.9. The molecular weight excluding hydrogens is 316 g/mol. The third-order valence-electron chi connectivity index (χ3n) is 3.21. The molecule has 2 N–H and O–H groups in total. The van der Waals surface area contributed by atoms with Crippen LogP contribution in [0.1, 0.15) is 11.3 Å². The number of carbonyl (C=O) groups excluding carboxylic acids is 1. The Bertz CT molecular complexity index is 825. The highest BCUT2D eigenvalue weighted by Gasteiger charge is 2.11. The summed E-state index contributed by atoms with van der Waals surface area (Å²) in [5.74, 6) is -0.270. The fourth-order valence-corrected chi connectivity index (χ4v) is 2.70. The zero-order chi connectivity index (χ0) is 16.9. The van der Waals surface area contributed by atoms with Gasteiger partial charge in [-0.2, -0.15) is 5.10 Å². The van der Waals surface area contributed by atoms with Crippen molar-refractivity contribution in [2.45, 2.75) is 11.4 Å². The number of amides is 1. The summed E-state index contributed by atoms with van der Waals surface area (Å²) in [6, 6.07) is 8.20. The number of sulfonamides is 1. The molecule has 0 atom stereocenters. The van der Waals surface area contributed by atoms with Crippen LogP contribution in [-0.4, -0.2) is 31.2 Å². The highest BCUT2D eigenvalue weighted by Crippen LogP contribution is 2.11. The van der Waals surface area contributed by atoms with Gasteiger partial charge in [0.1, 0.15) is 0 Å². The molecule has 0 aliphatic rings. The van der Waals surface area contributed by atoms with Crippen LogP contribution in [0.3, 0.4) is 0 Å². The van der Waals surface area contributed by atoms with Gasteiger partial charge < -0.3 is 5.32 Å². The molecule has 122 valence electrons. The minimum Gasteiger partial charge on any atom is -0.348 e. The average Bonchev–Trinajstić information content (AvgIpc) is 2.96. The first-order valence-corrected chi connectivity index (χ1v) is 8.37. The summed E-state index contributed by atoms with van der Waals surface area (Å²) in [5, 5.41) is 6.71.